The van der Waals surface area contributed by atoms with Crippen LogP contribution in [-0.2, 0) is 0 Å². The summed E-state index contributed by atoms with van der Waals surface area (Å²) in [5.41, 5.74) is 4.64. The highest BCUT2D eigenvalue weighted by Gasteiger charge is 2.06. The first kappa shape index (κ1) is 8.16. The zero-order chi connectivity index (χ0) is 7.28. The Hall–Kier alpha value is -0.840. The van der Waals surface area contributed by atoms with E-state index in [9.17, 15) is 9.70 Å². The van der Waals surface area contributed by atoms with Crippen LogP contribution in [0, 0.1) is 4.91 Å². The van der Waals surface area contributed by atoms with Gasteiger partial charge in [-0.05, 0) is 5.18 Å². The SMILES string of the molecule is NC(=O)NC(CCl)N=O. The lowest BCUT2D eigenvalue weighted by molar-refractivity contribution is 0.246. The average Bonchev–Trinajstić information content (AvgIpc) is 1.82. The number of urea groups is 1. The molecule has 0 radical (unpaired) electrons. The smallest absolute Gasteiger partial charge is 0.313 e. The molecule has 5 nitrogen and oxygen atoms in total. The number of amides is 2. The number of nitrogens with one attached hydrogen (secondary N) is 1. The van der Waals surface area contributed by atoms with E-state index in [0.717, 1.165) is 0 Å². The van der Waals surface area contributed by atoms with Crippen LogP contribution in [0.4, 0.5) is 4.79 Å². The van der Waals surface area contributed by atoms with Crippen molar-refractivity contribution in [2.24, 2.45) is 10.9 Å². The van der Waals surface area contributed by atoms with Crippen molar-refractivity contribution in [3.05, 3.63) is 4.91 Å². The van der Waals surface area contributed by atoms with E-state index >= 15 is 0 Å². The van der Waals surface area contributed by atoms with Gasteiger partial charge in [-0.2, -0.15) is 0 Å². The molecule has 0 saturated heterocycles. The third-order valence-corrected chi connectivity index (χ3v) is 0.875. The molecule has 0 fully saturated rings. The molecule has 52 valence electrons. The minimum absolute atomic E-state index is 0.0631. The predicted octanol–water partition coefficient (Wildman–Crippen LogP) is -0.0140. The molecule has 0 heterocycles. The summed E-state index contributed by atoms with van der Waals surface area (Å²) in [6.45, 7) is 0. The molecular formula is C3H6ClN3O2. The molecule has 0 aromatic rings. The van der Waals surface area contributed by atoms with Crippen molar-refractivity contribution in [1.82, 2.24) is 5.32 Å². The first-order valence-electron chi connectivity index (χ1n) is 2.15. The summed E-state index contributed by atoms with van der Waals surface area (Å²) in [7, 11) is 0. The molecule has 0 saturated carbocycles. The quantitative estimate of drug-likeness (QED) is 0.439. The zero-order valence-corrected chi connectivity index (χ0v) is 5.26. The highest BCUT2D eigenvalue weighted by molar-refractivity contribution is 6.18. The number of hydrogen-bond donors (Lipinski definition) is 2. The van der Waals surface area contributed by atoms with E-state index in [0.29, 0.717) is 0 Å². The number of nitroso groups, excluding NO2 is 1. The van der Waals surface area contributed by atoms with E-state index < -0.39 is 12.2 Å². The van der Waals surface area contributed by atoms with Crippen molar-refractivity contribution in [2.45, 2.75) is 6.17 Å². The fourth-order valence-corrected chi connectivity index (χ4v) is 0.391. The van der Waals surface area contributed by atoms with Crippen molar-refractivity contribution in [1.29, 1.82) is 0 Å². The molecular weight excluding hydrogens is 146 g/mol. The van der Waals surface area contributed by atoms with Crippen molar-refractivity contribution >= 4 is 17.6 Å². The second kappa shape index (κ2) is 4.08. The van der Waals surface area contributed by atoms with Crippen LogP contribution in [0.5, 0.6) is 0 Å². The van der Waals surface area contributed by atoms with Gasteiger partial charge in [0.15, 0.2) is 6.17 Å². The molecule has 1 atom stereocenters. The maximum atomic E-state index is 9.98. The van der Waals surface area contributed by atoms with Gasteiger partial charge in [-0.15, -0.1) is 16.5 Å². The molecule has 2 amide bonds. The number of carbonyl (C=O) groups excluding carboxylic acids is 1. The summed E-state index contributed by atoms with van der Waals surface area (Å²) in [5, 5.41) is 4.46. The van der Waals surface area contributed by atoms with Gasteiger partial charge in [0.2, 0.25) is 0 Å². The second-order valence-electron chi connectivity index (χ2n) is 1.28. The summed E-state index contributed by atoms with van der Waals surface area (Å²) >= 11 is 5.15. The second-order valence-corrected chi connectivity index (χ2v) is 1.59. The highest BCUT2D eigenvalue weighted by atomic mass is 35.5. The van der Waals surface area contributed by atoms with E-state index in [2.05, 4.69) is 10.9 Å². The maximum absolute atomic E-state index is 9.98. The van der Waals surface area contributed by atoms with Gasteiger partial charge in [-0.25, -0.2) is 4.79 Å². The molecule has 9 heavy (non-hydrogen) atoms. The van der Waals surface area contributed by atoms with Crippen molar-refractivity contribution in [3.8, 4) is 0 Å². The van der Waals surface area contributed by atoms with Gasteiger partial charge in [0.05, 0.1) is 5.88 Å². The van der Waals surface area contributed by atoms with Gasteiger partial charge in [-0.3, -0.25) is 0 Å². The topological polar surface area (TPSA) is 84.6 Å². The average molecular weight is 152 g/mol. The van der Waals surface area contributed by atoms with Gasteiger partial charge >= 0.3 is 6.03 Å². The lowest BCUT2D eigenvalue weighted by Gasteiger charge is -2.02. The molecule has 0 aliphatic rings. The first-order valence-corrected chi connectivity index (χ1v) is 2.68. The fourth-order valence-electron chi connectivity index (χ4n) is 0.257. The normalized spacial score (nSPS) is 12.1. The molecule has 0 bridgehead atoms. The monoisotopic (exact) mass is 151 g/mol. The van der Waals surface area contributed by atoms with E-state index in [1.807, 2.05) is 5.32 Å². The van der Waals surface area contributed by atoms with Crippen molar-refractivity contribution < 1.29 is 4.79 Å². The Balaban J connectivity index is 3.55. The van der Waals surface area contributed by atoms with Crippen LogP contribution in [0.25, 0.3) is 0 Å². The van der Waals surface area contributed by atoms with Gasteiger partial charge in [0, 0.05) is 0 Å². The zero-order valence-electron chi connectivity index (χ0n) is 4.50. The number of hydrogen-bond acceptors (Lipinski definition) is 3. The van der Waals surface area contributed by atoms with E-state index in [-0.39, 0.29) is 5.88 Å². The molecule has 3 N–H and O–H groups in total. The summed E-state index contributed by atoms with van der Waals surface area (Å²) in [4.78, 5) is 19.6. The molecule has 6 heteroatoms. The summed E-state index contributed by atoms with van der Waals surface area (Å²) in [6.07, 6.45) is -0.913. The Labute approximate surface area is 56.5 Å². The number of nitrogens with two attached hydrogens (primary N) is 1. The highest BCUT2D eigenvalue weighted by Crippen LogP contribution is 1.87. The number of rotatable bonds is 3. The van der Waals surface area contributed by atoms with Crippen LogP contribution in [0.3, 0.4) is 0 Å². The Bertz CT molecular complexity index is 118. The lowest BCUT2D eigenvalue weighted by atomic mass is 10.6. The fraction of sp³-hybridized carbons (Fsp3) is 0.667. The first-order chi connectivity index (χ1) is 4.20. The number of alkyl halides is 1. The lowest BCUT2D eigenvalue weighted by Crippen LogP contribution is -2.38. The molecule has 1 unspecified atom stereocenters. The van der Waals surface area contributed by atoms with Crippen LogP contribution >= 0.6 is 11.6 Å². The maximum Gasteiger partial charge on any atom is 0.313 e. The summed E-state index contributed by atoms with van der Waals surface area (Å²) < 4.78 is 0. The Kier molecular flexibility index (Phi) is 3.70. The Morgan fingerprint density at radius 2 is 2.44 bits per heavy atom. The summed E-state index contributed by atoms with van der Waals surface area (Å²) in [5.74, 6) is -0.0631. The van der Waals surface area contributed by atoms with E-state index in [1.54, 1.807) is 0 Å². The molecule has 0 spiro atoms. The van der Waals surface area contributed by atoms with Crippen LogP contribution in [0.2, 0.25) is 0 Å². The molecule has 0 aromatic carbocycles. The van der Waals surface area contributed by atoms with E-state index in [4.69, 9.17) is 11.6 Å². The predicted molar refractivity (Wildman–Crippen MR) is 33.0 cm³/mol. The number of halogens is 1. The van der Waals surface area contributed by atoms with Crippen molar-refractivity contribution in [3.63, 3.8) is 0 Å². The van der Waals surface area contributed by atoms with Gasteiger partial charge in [-0.1, -0.05) is 0 Å². The number of nitrogens with zero attached hydrogens (tertiary/aromatic N) is 1. The van der Waals surface area contributed by atoms with Crippen LogP contribution in [-0.4, -0.2) is 18.1 Å². The molecule has 0 aliphatic carbocycles. The van der Waals surface area contributed by atoms with Gasteiger partial charge in [0.1, 0.15) is 0 Å². The molecule has 0 rings (SSSR count). The van der Waals surface area contributed by atoms with Crippen LogP contribution < -0.4 is 11.1 Å². The minimum atomic E-state index is -0.913. The largest absolute Gasteiger partial charge is 0.352 e. The third kappa shape index (κ3) is 3.72. The van der Waals surface area contributed by atoms with Crippen LogP contribution in [0.15, 0.2) is 5.18 Å². The standard InChI is InChI=1S/C3H6ClN3O2/c4-1-2(7-9)6-3(5)8/h2H,1H2,(H3,5,6,8). The molecule has 0 aromatic heterocycles. The molecule has 0 aliphatic heterocycles. The number of carbonyl (C=O) groups is 1. The Morgan fingerprint density at radius 3 is 2.56 bits per heavy atom. The summed E-state index contributed by atoms with van der Waals surface area (Å²) in [6, 6.07) is -0.805. The number of primary amides is 1. The minimum Gasteiger partial charge on any atom is -0.352 e. The van der Waals surface area contributed by atoms with Gasteiger partial charge in [0.25, 0.3) is 0 Å². The van der Waals surface area contributed by atoms with E-state index in [1.165, 1.54) is 0 Å². The third-order valence-electron chi connectivity index (χ3n) is 0.582. The van der Waals surface area contributed by atoms with Crippen LogP contribution in [0.1, 0.15) is 0 Å². The van der Waals surface area contributed by atoms with Gasteiger partial charge < -0.3 is 11.1 Å². The van der Waals surface area contributed by atoms with Crippen molar-refractivity contribution in [2.75, 3.05) is 5.88 Å². The Morgan fingerprint density at radius 1 is 1.89 bits per heavy atom.